The second-order valence-electron chi connectivity index (χ2n) is 14.4. The van der Waals surface area contributed by atoms with Gasteiger partial charge in [-0.3, -0.25) is 9.35 Å². The van der Waals surface area contributed by atoms with Gasteiger partial charge in [-0.2, -0.15) is 8.42 Å². The number of aliphatic hydroxyl groups is 5. The van der Waals surface area contributed by atoms with E-state index in [0.717, 1.165) is 38.5 Å². The van der Waals surface area contributed by atoms with Gasteiger partial charge >= 0.3 is 10.4 Å². The van der Waals surface area contributed by atoms with Crippen LogP contribution in [0.2, 0.25) is 0 Å². The third kappa shape index (κ3) is 22.9. The summed E-state index contributed by atoms with van der Waals surface area (Å²) in [5, 5.41) is 54.8. The molecule has 1 saturated heterocycles. The summed E-state index contributed by atoms with van der Waals surface area (Å²) < 4.78 is 47.3. The lowest BCUT2D eigenvalue weighted by molar-refractivity contribution is -0.298. The molecule has 52 heavy (non-hydrogen) atoms. The molecule has 7 N–H and O–H groups in total. The smallest absolute Gasteiger partial charge is 0.394 e. The molecule has 308 valence electrons. The Morgan fingerprint density at radius 2 is 1.25 bits per heavy atom. The van der Waals surface area contributed by atoms with Crippen LogP contribution in [0.15, 0.2) is 12.2 Å². The van der Waals surface area contributed by atoms with Crippen molar-refractivity contribution < 1.29 is 57.0 Å². The normalized spacial score (nSPS) is 22.8. The van der Waals surface area contributed by atoms with Crippen LogP contribution in [0, 0.1) is 0 Å². The summed E-state index contributed by atoms with van der Waals surface area (Å²) in [7, 11) is -5.11. The van der Waals surface area contributed by atoms with Crippen molar-refractivity contribution >= 4 is 16.3 Å². The lowest BCUT2D eigenvalue weighted by Crippen LogP contribution is -2.61. The molecule has 0 aromatic rings. The van der Waals surface area contributed by atoms with Gasteiger partial charge in [-0.15, -0.1) is 0 Å². The fraction of sp³-hybridized carbons (Fsp3) is 0.921. The van der Waals surface area contributed by atoms with Crippen LogP contribution in [0.4, 0.5) is 0 Å². The van der Waals surface area contributed by atoms with Gasteiger partial charge in [0, 0.05) is 0 Å². The summed E-state index contributed by atoms with van der Waals surface area (Å²) in [6.45, 7) is 3.16. The minimum atomic E-state index is -5.11. The van der Waals surface area contributed by atoms with Crippen LogP contribution in [0.3, 0.4) is 0 Å². The van der Waals surface area contributed by atoms with Crippen LogP contribution in [0.25, 0.3) is 0 Å². The molecule has 1 rings (SSSR count). The maximum absolute atomic E-state index is 13.0. The molecular weight excluding hydrogens is 694 g/mol. The predicted octanol–water partition coefficient (Wildman–Crippen LogP) is 5.40. The van der Waals surface area contributed by atoms with Crippen molar-refractivity contribution in [3.8, 4) is 0 Å². The van der Waals surface area contributed by atoms with Crippen LogP contribution in [-0.2, 0) is 28.9 Å². The number of rotatable bonds is 33. The van der Waals surface area contributed by atoms with Crippen molar-refractivity contribution in [3.63, 3.8) is 0 Å². The highest BCUT2D eigenvalue weighted by Crippen LogP contribution is 2.26. The average molecular weight is 768 g/mol. The van der Waals surface area contributed by atoms with Gasteiger partial charge in [0.25, 0.3) is 0 Å². The first kappa shape index (κ1) is 48.8. The lowest BCUT2D eigenvalue weighted by atomic mass is 9.99. The molecule has 1 aliphatic heterocycles. The average Bonchev–Trinajstić information content (AvgIpc) is 3.11. The largest absolute Gasteiger partial charge is 0.397 e. The van der Waals surface area contributed by atoms with Crippen molar-refractivity contribution in [2.24, 2.45) is 0 Å². The van der Waals surface area contributed by atoms with Gasteiger partial charge in [0.15, 0.2) is 6.29 Å². The Balaban J connectivity index is 2.70. The molecule has 0 aromatic heterocycles. The zero-order valence-electron chi connectivity index (χ0n) is 32.0. The maximum Gasteiger partial charge on any atom is 0.397 e. The SMILES string of the molecule is CCCCCCCCCCCCC/C=C/C(O)C(COC1OC(CO)C(O)C(OS(=O)(=O)O)C1O)NC(=O)C(O)CCCCCCCCCCCC. The number of aliphatic hydroxyl groups excluding tert-OH is 5. The zero-order chi connectivity index (χ0) is 38.6. The Labute approximate surface area is 313 Å². The van der Waals surface area contributed by atoms with Gasteiger partial charge in [-0.1, -0.05) is 154 Å². The minimum Gasteiger partial charge on any atom is -0.394 e. The van der Waals surface area contributed by atoms with Gasteiger partial charge in [0.2, 0.25) is 5.91 Å². The summed E-state index contributed by atoms with van der Waals surface area (Å²) in [4.78, 5) is 13.0. The molecule has 8 atom stereocenters. The summed E-state index contributed by atoms with van der Waals surface area (Å²) in [5.41, 5.74) is 0. The van der Waals surface area contributed by atoms with Crippen LogP contribution in [0.1, 0.15) is 162 Å². The van der Waals surface area contributed by atoms with Gasteiger partial charge < -0.3 is 40.3 Å². The van der Waals surface area contributed by atoms with Crippen molar-refractivity contribution in [1.29, 1.82) is 0 Å². The number of unbranched alkanes of at least 4 members (excludes halogenated alkanes) is 20. The van der Waals surface area contributed by atoms with Crippen molar-refractivity contribution in [2.45, 2.75) is 210 Å². The third-order valence-corrected chi connectivity index (χ3v) is 10.1. The van der Waals surface area contributed by atoms with E-state index in [4.69, 9.17) is 14.0 Å². The molecule has 0 saturated carbocycles. The Morgan fingerprint density at radius 3 is 1.73 bits per heavy atom. The first-order valence-electron chi connectivity index (χ1n) is 20.2. The van der Waals surface area contributed by atoms with Crippen molar-refractivity contribution in [3.05, 3.63) is 12.2 Å². The molecule has 0 spiro atoms. The fourth-order valence-corrected chi connectivity index (χ4v) is 6.91. The molecule has 1 amide bonds. The number of nitrogens with one attached hydrogen (secondary N) is 1. The molecule has 0 aromatic carbocycles. The molecule has 8 unspecified atom stereocenters. The number of hydrogen-bond donors (Lipinski definition) is 7. The lowest BCUT2D eigenvalue weighted by Gasteiger charge is -2.41. The summed E-state index contributed by atoms with van der Waals surface area (Å²) in [6, 6.07) is -1.11. The fourth-order valence-electron chi connectivity index (χ4n) is 6.40. The van der Waals surface area contributed by atoms with E-state index in [1.54, 1.807) is 0 Å². The maximum atomic E-state index is 13.0. The molecule has 1 fully saturated rings. The van der Waals surface area contributed by atoms with Crippen LogP contribution < -0.4 is 5.32 Å². The van der Waals surface area contributed by atoms with Crippen LogP contribution >= 0.6 is 0 Å². The van der Waals surface area contributed by atoms with Gasteiger partial charge in [0.05, 0.1) is 25.4 Å². The Bertz CT molecular complexity index is 1020. The van der Waals surface area contributed by atoms with E-state index in [-0.39, 0.29) is 6.42 Å². The van der Waals surface area contributed by atoms with E-state index in [9.17, 15) is 38.7 Å². The highest BCUT2D eigenvalue weighted by atomic mass is 32.3. The minimum absolute atomic E-state index is 0.246. The van der Waals surface area contributed by atoms with E-state index < -0.39 is 78.5 Å². The number of carbonyl (C=O) groups excluding carboxylic acids is 1. The molecule has 1 aliphatic rings. The van der Waals surface area contributed by atoms with Crippen LogP contribution in [0.5, 0.6) is 0 Å². The quantitative estimate of drug-likeness (QED) is 0.0254. The third-order valence-electron chi connectivity index (χ3n) is 9.68. The highest BCUT2D eigenvalue weighted by Gasteiger charge is 2.48. The number of allylic oxidation sites excluding steroid dienone is 1. The first-order valence-corrected chi connectivity index (χ1v) is 21.5. The summed E-state index contributed by atoms with van der Waals surface area (Å²) >= 11 is 0. The number of ether oxygens (including phenoxy) is 2. The van der Waals surface area contributed by atoms with E-state index in [1.165, 1.54) is 96.0 Å². The van der Waals surface area contributed by atoms with E-state index >= 15 is 0 Å². The standard InChI is InChI=1S/C38H73NO12S/c1-3-5-7-9-11-13-15-16-17-19-20-22-24-26-31(41)30(39-37(45)32(42)27-25-23-21-18-14-12-10-8-6-4-2)29-49-38-35(44)36(51-52(46,47)48)34(43)33(28-40)50-38/h24,26,30-36,38,40-44H,3-23,25,27-29H2,1-2H3,(H,39,45)(H,46,47,48)/b26-24+. The van der Waals surface area contributed by atoms with Gasteiger partial charge in [0.1, 0.15) is 30.5 Å². The van der Waals surface area contributed by atoms with Crippen molar-refractivity contribution in [1.82, 2.24) is 5.32 Å². The topological polar surface area (TPSA) is 212 Å². The summed E-state index contributed by atoms with van der Waals surface area (Å²) in [5.74, 6) is -0.705. The van der Waals surface area contributed by atoms with Crippen LogP contribution in [-0.4, -0.2) is 107 Å². The number of carbonyl (C=O) groups is 1. The molecule has 0 aliphatic carbocycles. The number of amides is 1. The molecule has 13 nitrogen and oxygen atoms in total. The predicted molar refractivity (Wildman–Crippen MR) is 201 cm³/mol. The molecule has 1 heterocycles. The van der Waals surface area contributed by atoms with Gasteiger partial charge in [-0.05, 0) is 19.3 Å². The zero-order valence-corrected chi connectivity index (χ0v) is 32.8. The number of hydrogen-bond acceptors (Lipinski definition) is 11. The van der Waals surface area contributed by atoms with Crippen molar-refractivity contribution in [2.75, 3.05) is 13.2 Å². The molecule has 0 radical (unpaired) electrons. The molecule has 0 bridgehead atoms. The Kier molecular flexibility index (Phi) is 28.2. The summed E-state index contributed by atoms with van der Waals surface area (Å²) in [6.07, 6.45) is 17.4. The monoisotopic (exact) mass is 767 g/mol. The molecule has 14 heteroatoms. The highest BCUT2D eigenvalue weighted by molar-refractivity contribution is 7.80. The Hall–Kier alpha value is -1.20. The molecular formula is C38H73NO12S. The Morgan fingerprint density at radius 1 is 0.769 bits per heavy atom. The second-order valence-corrected chi connectivity index (χ2v) is 15.4. The van der Waals surface area contributed by atoms with E-state index in [2.05, 4.69) is 23.3 Å². The van der Waals surface area contributed by atoms with E-state index in [1.807, 2.05) is 6.08 Å². The second kappa shape index (κ2) is 30.1. The van der Waals surface area contributed by atoms with Gasteiger partial charge in [-0.25, -0.2) is 4.18 Å². The first-order chi connectivity index (χ1) is 24.9. The van der Waals surface area contributed by atoms with E-state index in [0.29, 0.717) is 12.8 Å².